The van der Waals surface area contributed by atoms with Crippen LogP contribution < -0.4 is 15.0 Å². The Morgan fingerprint density at radius 2 is 1.92 bits per heavy atom. The lowest BCUT2D eigenvalue weighted by molar-refractivity contribution is 0.102. The Labute approximate surface area is 141 Å². The second kappa shape index (κ2) is 5.45. The number of carbonyl (C=O) groups excluding carboxylic acids is 1. The highest BCUT2D eigenvalue weighted by molar-refractivity contribution is 7.17. The van der Waals surface area contributed by atoms with Crippen LogP contribution in [0.15, 0.2) is 28.4 Å². The standard InChI is InChI=1S/C17H14N2O4S/c1-22-12-7-9-3-5-19-16(14(20)10(9)8-13(12)23-2)18-11-4-6-24-15(11)17(19)21/h4,6-8H,3,5H2,1-2H3. The van der Waals surface area contributed by atoms with Crippen molar-refractivity contribution in [1.82, 2.24) is 9.55 Å². The molecule has 2 aromatic heterocycles. The Morgan fingerprint density at radius 1 is 1.17 bits per heavy atom. The Bertz CT molecular complexity index is 1030. The third kappa shape index (κ3) is 2.05. The normalized spacial score (nSPS) is 13.3. The van der Waals surface area contributed by atoms with Gasteiger partial charge in [0.15, 0.2) is 17.3 Å². The van der Waals surface area contributed by atoms with Crippen LogP contribution >= 0.6 is 11.3 Å². The van der Waals surface area contributed by atoms with Gasteiger partial charge in [-0.15, -0.1) is 11.3 Å². The lowest BCUT2D eigenvalue weighted by Gasteiger charge is -2.11. The summed E-state index contributed by atoms with van der Waals surface area (Å²) in [6, 6.07) is 5.22. The van der Waals surface area contributed by atoms with Gasteiger partial charge in [0.2, 0.25) is 5.78 Å². The summed E-state index contributed by atoms with van der Waals surface area (Å²) in [5.74, 6) is 0.957. The SMILES string of the molecule is COc1cc2c(cc1OC)C(=O)c1nc3ccsc3c(=O)n1CC2. The highest BCUT2D eigenvalue weighted by Crippen LogP contribution is 2.33. The predicted octanol–water partition coefficient (Wildman–Crippen LogP) is 2.26. The average molecular weight is 342 g/mol. The van der Waals surface area contributed by atoms with Crippen molar-refractivity contribution in [2.75, 3.05) is 14.2 Å². The molecule has 122 valence electrons. The number of aromatic nitrogens is 2. The minimum absolute atomic E-state index is 0.162. The highest BCUT2D eigenvalue weighted by atomic mass is 32.1. The zero-order valence-electron chi connectivity index (χ0n) is 13.2. The van der Waals surface area contributed by atoms with Crippen molar-refractivity contribution in [3.8, 4) is 11.5 Å². The van der Waals surface area contributed by atoms with Gasteiger partial charge in [-0.1, -0.05) is 0 Å². The van der Waals surface area contributed by atoms with E-state index in [-0.39, 0.29) is 17.2 Å². The Kier molecular flexibility index (Phi) is 3.38. The molecule has 3 heterocycles. The number of hydrogen-bond donors (Lipinski definition) is 0. The van der Waals surface area contributed by atoms with Crippen LogP contribution in [0.1, 0.15) is 21.7 Å². The van der Waals surface area contributed by atoms with Gasteiger partial charge in [0.1, 0.15) is 4.70 Å². The topological polar surface area (TPSA) is 70.4 Å². The molecule has 0 spiro atoms. The molecule has 0 bridgehead atoms. The molecule has 0 amide bonds. The van der Waals surface area contributed by atoms with Crippen LogP contribution in [-0.2, 0) is 13.0 Å². The number of rotatable bonds is 2. The number of fused-ring (bicyclic) bond motifs is 3. The molecule has 0 atom stereocenters. The fourth-order valence-electron chi connectivity index (χ4n) is 3.02. The second-order valence-electron chi connectivity index (χ2n) is 5.47. The third-order valence-electron chi connectivity index (χ3n) is 4.23. The fourth-order valence-corrected chi connectivity index (χ4v) is 3.80. The van der Waals surface area contributed by atoms with Gasteiger partial charge in [-0.2, -0.15) is 0 Å². The van der Waals surface area contributed by atoms with E-state index < -0.39 is 0 Å². The molecule has 0 unspecified atom stereocenters. The molecule has 4 rings (SSSR count). The third-order valence-corrected chi connectivity index (χ3v) is 5.12. The molecule has 0 saturated heterocycles. The maximum Gasteiger partial charge on any atom is 0.271 e. The van der Waals surface area contributed by atoms with Crippen LogP contribution in [0.5, 0.6) is 11.5 Å². The number of benzene rings is 1. The van der Waals surface area contributed by atoms with Crippen molar-refractivity contribution in [2.24, 2.45) is 0 Å². The van der Waals surface area contributed by atoms with Gasteiger partial charge in [-0.25, -0.2) is 4.98 Å². The first kappa shape index (κ1) is 14.9. The van der Waals surface area contributed by atoms with Gasteiger partial charge >= 0.3 is 0 Å². The van der Waals surface area contributed by atoms with E-state index in [1.165, 1.54) is 23.0 Å². The summed E-state index contributed by atoms with van der Waals surface area (Å²) in [5, 5.41) is 1.81. The molecule has 0 fully saturated rings. The molecular formula is C17H14N2O4S. The summed E-state index contributed by atoms with van der Waals surface area (Å²) >= 11 is 1.34. The molecule has 1 aromatic carbocycles. The van der Waals surface area contributed by atoms with Gasteiger partial charge in [0.05, 0.1) is 19.7 Å². The average Bonchev–Trinajstić information content (AvgIpc) is 3.03. The quantitative estimate of drug-likeness (QED) is 0.714. The maximum atomic E-state index is 13.0. The number of carbonyl (C=O) groups is 1. The van der Waals surface area contributed by atoms with Crippen LogP contribution in [0.4, 0.5) is 0 Å². The molecule has 24 heavy (non-hydrogen) atoms. The van der Waals surface area contributed by atoms with Gasteiger partial charge < -0.3 is 9.47 Å². The molecule has 3 aromatic rings. The molecule has 1 aliphatic heterocycles. The zero-order chi connectivity index (χ0) is 16.8. The first-order valence-electron chi connectivity index (χ1n) is 7.41. The van der Waals surface area contributed by atoms with Crippen LogP contribution in [0.3, 0.4) is 0 Å². The molecule has 0 radical (unpaired) electrons. The van der Waals surface area contributed by atoms with Crippen molar-refractivity contribution >= 4 is 27.3 Å². The summed E-state index contributed by atoms with van der Waals surface area (Å²) in [6.45, 7) is 0.406. The summed E-state index contributed by atoms with van der Waals surface area (Å²) in [4.78, 5) is 30.1. The maximum absolute atomic E-state index is 13.0. The number of aryl methyl sites for hydroxylation is 1. The van der Waals surface area contributed by atoms with E-state index in [1.54, 1.807) is 25.3 Å². The molecular weight excluding hydrogens is 328 g/mol. The number of hydrogen-bond acceptors (Lipinski definition) is 6. The summed E-state index contributed by atoms with van der Waals surface area (Å²) in [5.41, 5.74) is 1.73. The zero-order valence-corrected chi connectivity index (χ0v) is 14.0. The van der Waals surface area contributed by atoms with Crippen molar-refractivity contribution in [2.45, 2.75) is 13.0 Å². The number of nitrogens with zero attached hydrogens (tertiary/aromatic N) is 2. The predicted molar refractivity (Wildman–Crippen MR) is 90.6 cm³/mol. The van der Waals surface area contributed by atoms with Gasteiger partial charge in [-0.3, -0.25) is 14.2 Å². The van der Waals surface area contributed by atoms with Crippen molar-refractivity contribution in [1.29, 1.82) is 0 Å². The first-order valence-corrected chi connectivity index (χ1v) is 8.29. The van der Waals surface area contributed by atoms with Crippen molar-refractivity contribution in [3.63, 3.8) is 0 Å². The number of ether oxygens (including phenoxy) is 2. The highest BCUT2D eigenvalue weighted by Gasteiger charge is 2.26. The monoisotopic (exact) mass is 342 g/mol. The number of ketones is 1. The van der Waals surface area contributed by atoms with Crippen molar-refractivity contribution < 1.29 is 14.3 Å². The van der Waals surface area contributed by atoms with Gasteiger partial charge in [-0.05, 0) is 35.6 Å². The minimum Gasteiger partial charge on any atom is -0.493 e. The molecule has 1 aliphatic rings. The number of methoxy groups -OCH3 is 2. The second-order valence-corrected chi connectivity index (χ2v) is 6.39. The number of thiophene rings is 1. The van der Waals surface area contributed by atoms with E-state index in [0.717, 1.165) is 5.56 Å². The molecule has 0 N–H and O–H groups in total. The Hall–Kier alpha value is -2.67. The summed E-state index contributed by atoms with van der Waals surface area (Å²) in [6.07, 6.45) is 0.549. The van der Waals surface area contributed by atoms with Crippen LogP contribution in [0.2, 0.25) is 0 Å². The Morgan fingerprint density at radius 3 is 2.67 bits per heavy atom. The molecule has 0 saturated carbocycles. The van der Waals surface area contributed by atoms with Crippen LogP contribution in [-0.4, -0.2) is 29.6 Å². The van der Waals surface area contributed by atoms with Crippen molar-refractivity contribution in [3.05, 3.63) is 50.9 Å². The molecule has 6 nitrogen and oxygen atoms in total. The molecule has 7 heteroatoms. The van der Waals surface area contributed by atoms with E-state index in [2.05, 4.69) is 4.98 Å². The van der Waals surface area contributed by atoms with E-state index >= 15 is 0 Å². The smallest absolute Gasteiger partial charge is 0.271 e. The van der Waals surface area contributed by atoms with Gasteiger partial charge in [0.25, 0.3) is 5.56 Å². The van der Waals surface area contributed by atoms with E-state index in [1.807, 2.05) is 5.38 Å². The summed E-state index contributed by atoms with van der Waals surface area (Å²) < 4.78 is 12.7. The van der Waals surface area contributed by atoms with Crippen LogP contribution in [0, 0.1) is 0 Å². The minimum atomic E-state index is -0.270. The molecule has 0 aliphatic carbocycles. The fraction of sp³-hybridized carbons (Fsp3) is 0.235. The lowest BCUT2D eigenvalue weighted by atomic mass is 10.0. The van der Waals surface area contributed by atoms with Gasteiger partial charge in [0, 0.05) is 12.1 Å². The lowest BCUT2D eigenvalue weighted by Crippen LogP contribution is -2.26. The summed E-state index contributed by atoms with van der Waals surface area (Å²) in [7, 11) is 3.08. The van der Waals surface area contributed by atoms with E-state index in [9.17, 15) is 9.59 Å². The van der Waals surface area contributed by atoms with E-state index in [4.69, 9.17) is 9.47 Å². The first-order chi connectivity index (χ1) is 11.6. The van der Waals surface area contributed by atoms with E-state index in [0.29, 0.717) is 40.2 Å². The largest absolute Gasteiger partial charge is 0.493 e. The Balaban J connectivity index is 1.97. The van der Waals surface area contributed by atoms with Crippen LogP contribution in [0.25, 0.3) is 10.2 Å².